The van der Waals surface area contributed by atoms with Gasteiger partial charge in [0.25, 0.3) is 0 Å². The topological polar surface area (TPSA) is 143 Å². The molecule has 2 fully saturated rings. The van der Waals surface area contributed by atoms with Crippen molar-refractivity contribution < 1.29 is 29.4 Å². The van der Waals surface area contributed by atoms with Gasteiger partial charge in [-0.05, 0) is 70.1 Å². The van der Waals surface area contributed by atoms with Gasteiger partial charge in [0.15, 0.2) is 0 Å². The van der Waals surface area contributed by atoms with Crippen molar-refractivity contribution in [1.82, 2.24) is 25.6 Å². The summed E-state index contributed by atoms with van der Waals surface area (Å²) in [7, 11) is 3.41. The predicted molar refractivity (Wildman–Crippen MR) is 171 cm³/mol. The van der Waals surface area contributed by atoms with E-state index in [1.54, 1.807) is 33.0 Å². The zero-order valence-corrected chi connectivity index (χ0v) is 28.4. The molecule has 2 rings (SSSR count). The summed E-state index contributed by atoms with van der Waals surface area (Å²) in [5.74, 6) is -1.82. The van der Waals surface area contributed by atoms with Crippen LogP contribution in [0.5, 0.6) is 0 Å². The summed E-state index contributed by atoms with van der Waals surface area (Å²) >= 11 is 0. The fourth-order valence-electron chi connectivity index (χ4n) is 6.68. The Morgan fingerprint density at radius 3 is 1.89 bits per heavy atom. The minimum absolute atomic E-state index is 0.0135. The number of carbonyl (C=O) groups is 4. The number of rotatable bonds is 16. The number of likely N-dealkylation sites (N-methyl/N-ethyl adjacent to an activating group) is 1. The highest BCUT2D eigenvalue weighted by Crippen LogP contribution is 2.36. The molecule has 11 nitrogen and oxygen atoms in total. The van der Waals surface area contributed by atoms with Crippen molar-refractivity contribution >= 4 is 23.6 Å². The number of nitrogens with one attached hydrogen (secondary N) is 2. The third-order valence-electron chi connectivity index (χ3n) is 9.29. The normalized spacial score (nSPS) is 25.3. The van der Waals surface area contributed by atoms with Crippen molar-refractivity contribution in [1.29, 1.82) is 0 Å². The summed E-state index contributed by atoms with van der Waals surface area (Å²) < 4.78 is 0. The van der Waals surface area contributed by atoms with Crippen LogP contribution >= 0.6 is 0 Å². The molecule has 0 radical (unpaired) electrons. The smallest absolute Gasteiger partial charge is 0.236 e. The van der Waals surface area contributed by atoms with Crippen molar-refractivity contribution in [3.63, 3.8) is 0 Å². The van der Waals surface area contributed by atoms with Gasteiger partial charge in [-0.3, -0.25) is 24.6 Å². The minimum Gasteiger partial charge on any atom is -0.393 e. The number of aliphatic hydroxyl groups is 2. The van der Waals surface area contributed by atoms with Crippen LogP contribution in [0.2, 0.25) is 0 Å². The summed E-state index contributed by atoms with van der Waals surface area (Å²) in [6.45, 7) is 11.5. The van der Waals surface area contributed by atoms with Crippen molar-refractivity contribution in [3.05, 3.63) is 0 Å². The number of hydrazine groups is 1. The van der Waals surface area contributed by atoms with Gasteiger partial charge in [-0.25, -0.2) is 5.01 Å². The van der Waals surface area contributed by atoms with Gasteiger partial charge in [-0.2, -0.15) is 0 Å². The van der Waals surface area contributed by atoms with Gasteiger partial charge in [0, 0.05) is 63.9 Å². The molecular weight excluding hydrogens is 562 g/mol. The lowest BCUT2D eigenvalue weighted by Crippen LogP contribution is -2.55. The Morgan fingerprint density at radius 2 is 1.39 bits per heavy atom. The lowest BCUT2D eigenvalue weighted by atomic mass is 9.73. The SMILES string of the molecule is CCCN(CCC)C(=O)C1CC(C(=O)NC(CC2CCC(O)CC2)C(O)CN(CC)NC(=O)C(C)C)CC(C(=O)N(C)C)C1. The molecule has 2 aliphatic rings. The number of aliphatic hydroxyl groups excluding tert-OH is 2. The average Bonchev–Trinajstić information content (AvgIpc) is 2.99. The van der Waals surface area contributed by atoms with Crippen LogP contribution in [-0.2, 0) is 19.2 Å². The van der Waals surface area contributed by atoms with Gasteiger partial charge in [-0.1, -0.05) is 34.6 Å². The van der Waals surface area contributed by atoms with E-state index in [0.717, 1.165) is 25.7 Å². The summed E-state index contributed by atoms with van der Waals surface area (Å²) in [6.07, 6.45) is 5.13. The zero-order chi connectivity index (χ0) is 33.0. The molecule has 0 aromatic rings. The van der Waals surface area contributed by atoms with E-state index in [-0.39, 0.29) is 48.1 Å². The fourth-order valence-corrected chi connectivity index (χ4v) is 6.68. The molecule has 0 heterocycles. The highest BCUT2D eigenvalue weighted by molar-refractivity contribution is 5.86. The second kappa shape index (κ2) is 18.7. The molecule has 2 saturated carbocycles. The Balaban J connectivity index is 2.27. The molecule has 0 saturated heterocycles. The molecule has 0 spiro atoms. The molecule has 4 amide bonds. The molecule has 0 bridgehead atoms. The summed E-state index contributed by atoms with van der Waals surface area (Å²) in [4.78, 5) is 56.5. The molecule has 5 unspecified atom stereocenters. The maximum absolute atomic E-state index is 14.0. The minimum atomic E-state index is -0.956. The summed E-state index contributed by atoms with van der Waals surface area (Å²) in [5.41, 5.74) is 2.86. The van der Waals surface area contributed by atoms with E-state index in [1.807, 2.05) is 25.7 Å². The third kappa shape index (κ3) is 11.6. The van der Waals surface area contributed by atoms with E-state index < -0.39 is 29.9 Å². The van der Waals surface area contributed by atoms with Crippen molar-refractivity contribution in [2.24, 2.45) is 29.6 Å². The molecule has 0 aliphatic heterocycles. The highest BCUT2D eigenvalue weighted by Gasteiger charge is 2.41. The Hall–Kier alpha value is -2.24. The zero-order valence-electron chi connectivity index (χ0n) is 28.4. The largest absolute Gasteiger partial charge is 0.393 e. The first kappa shape index (κ1) is 37.9. The Labute approximate surface area is 265 Å². The van der Waals surface area contributed by atoms with Gasteiger partial charge < -0.3 is 25.3 Å². The second-order valence-corrected chi connectivity index (χ2v) is 13.6. The summed E-state index contributed by atoms with van der Waals surface area (Å²) in [6, 6.07) is -0.580. The van der Waals surface area contributed by atoms with Crippen LogP contribution in [0.1, 0.15) is 98.8 Å². The Bertz CT molecular complexity index is 916. The van der Waals surface area contributed by atoms with E-state index in [2.05, 4.69) is 10.7 Å². The Kier molecular flexibility index (Phi) is 16.1. The first-order valence-corrected chi connectivity index (χ1v) is 17.0. The average molecular weight is 624 g/mol. The lowest BCUT2D eigenvalue weighted by molar-refractivity contribution is -0.143. The van der Waals surface area contributed by atoms with E-state index in [0.29, 0.717) is 58.2 Å². The Morgan fingerprint density at radius 1 is 0.841 bits per heavy atom. The number of amides is 4. The predicted octanol–water partition coefficient (Wildman–Crippen LogP) is 2.55. The monoisotopic (exact) mass is 623 g/mol. The number of hydrogen-bond donors (Lipinski definition) is 4. The molecule has 44 heavy (non-hydrogen) atoms. The highest BCUT2D eigenvalue weighted by atomic mass is 16.3. The third-order valence-corrected chi connectivity index (χ3v) is 9.29. The maximum Gasteiger partial charge on any atom is 0.236 e. The molecule has 5 atom stereocenters. The van der Waals surface area contributed by atoms with E-state index in [1.165, 1.54) is 4.90 Å². The molecule has 2 aliphatic carbocycles. The number of carbonyl (C=O) groups excluding carboxylic acids is 4. The van der Waals surface area contributed by atoms with Crippen molar-refractivity contribution in [2.45, 2.75) is 117 Å². The van der Waals surface area contributed by atoms with E-state index in [9.17, 15) is 29.4 Å². The van der Waals surface area contributed by atoms with E-state index in [4.69, 9.17) is 0 Å². The summed E-state index contributed by atoms with van der Waals surface area (Å²) in [5, 5.41) is 26.3. The van der Waals surface area contributed by atoms with Crippen LogP contribution in [0.3, 0.4) is 0 Å². The fraction of sp³-hybridized carbons (Fsp3) is 0.879. The molecule has 11 heteroatoms. The standard InChI is InChI=1S/C33H61N5O6/c1-8-15-37(16-9-2)33(44)26-19-24(18-25(20-26)32(43)36(6)7)31(42)34-28(17-23-11-13-27(39)14-12-23)29(40)21-38(10-3)35-30(41)22(4)5/h22-29,39-40H,8-21H2,1-7H3,(H,34,42)(H,35,41). The van der Waals surface area contributed by atoms with Gasteiger partial charge in [0.2, 0.25) is 23.6 Å². The van der Waals surface area contributed by atoms with Crippen molar-refractivity contribution in [3.8, 4) is 0 Å². The molecule has 0 aromatic carbocycles. The molecule has 0 aromatic heterocycles. The van der Waals surface area contributed by atoms with Gasteiger partial charge in [-0.15, -0.1) is 0 Å². The first-order valence-electron chi connectivity index (χ1n) is 17.0. The van der Waals surface area contributed by atoms with Gasteiger partial charge in [0.1, 0.15) is 0 Å². The van der Waals surface area contributed by atoms with Gasteiger partial charge in [0.05, 0.1) is 18.2 Å². The number of hydrogen-bond acceptors (Lipinski definition) is 7. The van der Waals surface area contributed by atoms with Crippen LogP contribution in [-0.4, -0.2) is 107 Å². The maximum atomic E-state index is 14.0. The molecule has 254 valence electrons. The van der Waals surface area contributed by atoms with Crippen LogP contribution in [0.4, 0.5) is 0 Å². The first-order chi connectivity index (χ1) is 20.8. The quantitative estimate of drug-likeness (QED) is 0.194. The van der Waals surface area contributed by atoms with Crippen molar-refractivity contribution in [2.75, 3.05) is 40.3 Å². The van der Waals surface area contributed by atoms with E-state index >= 15 is 0 Å². The lowest BCUT2D eigenvalue weighted by Gasteiger charge is -2.38. The van der Waals surface area contributed by atoms with Crippen LogP contribution in [0, 0.1) is 29.6 Å². The van der Waals surface area contributed by atoms with Crippen LogP contribution in [0.25, 0.3) is 0 Å². The molecule has 4 N–H and O–H groups in total. The van der Waals surface area contributed by atoms with Crippen LogP contribution in [0.15, 0.2) is 0 Å². The number of nitrogens with zero attached hydrogens (tertiary/aromatic N) is 3. The molecular formula is C33H61N5O6. The van der Waals surface area contributed by atoms with Crippen LogP contribution < -0.4 is 10.7 Å². The van der Waals surface area contributed by atoms with Gasteiger partial charge >= 0.3 is 0 Å². The second-order valence-electron chi connectivity index (χ2n) is 13.6.